The third-order valence-electron chi connectivity index (χ3n) is 2.71. The van der Waals surface area contributed by atoms with Crippen LogP contribution in [0.15, 0.2) is 18.3 Å². The molecule has 0 aromatic carbocycles. The van der Waals surface area contributed by atoms with E-state index >= 15 is 0 Å². The van der Waals surface area contributed by atoms with Gasteiger partial charge in [0.15, 0.2) is 0 Å². The van der Waals surface area contributed by atoms with E-state index < -0.39 is 0 Å². The molecule has 0 radical (unpaired) electrons. The van der Waals surface area contributed by atoms with E-state index in [-0.39, 0.29) is 11.9 Å². The van der Waals surface area contributed by atoms with Gasteiger partial charge in [-0.25, -0.2) is 4.98 Å². The van der Waals surface area contributed by atoms with Crippen molar-refractivity contribution in [3.05, 3.63) is 23.9 Å². The summed E-state index contributed by atoms with van der Waals surface area (Å²) in [5.74, 6) is 0.621. The molecule has 2 rings (SSSR count). The van der Waals surface area contributed by atoms with E-state index in [1.807, 2.05) is 6.07 Å². The molecule has 1 atom stereocenters. The number of nitrogens with one attached hydrogen (secondary N) is 1. The fourth-order valence-corrected chi connectivity index (χ4v) is 1.91. The van der Waals surface area contributed by atoms with Crippen LogP contribution in [0.25, 0.3) is 0 Å². The van der Waals surface area contributed by atoms with Crippen molar-refractivity contribution in [3.63, 3.8) is 0 Å². The van der Waals surface area contributed by atoms with E-state index in [1.165, 1.54) is 0 Å². The molecular weight excluding hydrogens is 218 g/mol. The third kappa shape index (κ3) is 3.80. The van der Waals surface area contributed by atoms with Crippen LogP contribution in [0.1, 0.15) is 12.0 Å². The van der Waals surface area contributed by atoms with Crippen LogP contribution in [0.3, 0.4) is 0 Å². The zero-order valence-corrected chi connectivity index (χ0v) is 9.69. The number of carbonyl (C=O) groups is 1. The van der Waals surface area contributed by atoms with Gasteiger partial charge in [0.1, 0.15) is 11.6 Å². The quantitative estimate of drug-likeness (QED) is 0.777. The molecule has 1 aliphatic heterocycles. The maximum Gasteiger partial charge on any atom is 0.139 e. The smallest absolute Gasteiger partial charge is 0.139 e. The molecule has 1 aromatic rings. The standard InChI is InChI=1S/C12H17N3O2/c13-12-6-9(1-2-15-12)5-10(16)7-11-8-14-3-4-17-11/h1-2,6,11,14H,3-5,7-8H2,(H2,13,15). The van der Waals surface area contributed by atoms with Crippen LogP contribution >= 0.6 is 0 Å². The molecule has 1 aliphatic rings. The molecule has 1 unspecified atom stereocenters. The lowest BCUT2D eigenvalue weighted by atomic mass is 10.0. The van der Waals surface area contributed by atoms with E-state index in [2.05, 4.69) is 10.3 Å². The monoisotopic (exact) mass is 235 g/mol. The molecule has 17 heavy (non-hydrogen) atoms. The van der Waals surface area contributed by atoms with Gasteiger partial charge in [0.2, 0.25) is 0 Å². The van der Waals surface area contributed by atoms with E-state index in [4.69, 9.17) is 10.5 Å². The van der Waals surface area contributed by atoms with Gasteiger partial charge in [0.05, 0.1) is 12.7 Å². The Balaban J connectivity index is 1.84. The molecule has 0 bridgehead atoms. The number of anilines is 1. The summed E-state index contributed by atoms with van der Waals surface area (Å²) in [6.07, 6.45) is 2.48. The van der Waals surface area contributed by atoms with Gasteiger partial charge in [-0.3, -0.25) is 4.79 Å². The Morgan fingerprint density at radius 1 is 1.65 bits per heavy atom. The molecule has 92 valence electrons. The van der Waals surface area contributed by atoms with Crippen molar-refractivity contribution in [1.29, 1.82) is 0 Å². The Labute approximate surface area is 100 Å². The first kappa shape index (κ1) is 12.0. The highest BCUT2D eigenvalue weighted by atomic mass is 16.5. The number of nitrogen functional groups attached to an aromatic ring is 1. The first-order valence-electron chi connectivity index (χ1n) is 5.78. The normalized spacial score (nSPS) is 20.1. The minimum Gasteiger partial charge on any atom is -0.384 e. The number of aromatic nitrogens is 1. The predicted molar refractivity (Wildman–Crippen MR) is 64.6 cm³/mol. The van der Waals surface area contributed by atoms with E-state index in [1.54, 1.807) is 12.3 Å². The van der Waals surface area contributed by atoms with Crippen LogP contribution in [0.4, 0.5) is 5.82 Å². The Morgan fingerprint density at radius 3 is 3.24 bits per heavy atom. The van der Waals surface area contributed by atoms with Gasteiger partial charge in [-0.2, -0.15) is 0 Å². The van der Waals surface area contributed by atoms with Crippen LogP contribution in [0.2, 0.25) is 0 Å². The van der Waals surface area contributed by atoms with Crippen LogP contribution < -0.4 is 11.1 Å². The minimum absolute atomic E-state index is 0.00966. The second kappa shape index (κ2) is 5.75. The van der Waals surface area contributed by atoms with Crippen LogP contribution in [-0.4, -0.2) is 36.6 Å². The number of carbonyl (C=O) groups excluding carboxylic acids is 1. The Hall–Kier alpha value is -1.46. The van der Waals surface area contributed by atoms with Gasteiger partial charge in [0, 0.05) is 32.1 Å². The van der Waals surface area contributed by atoms with Gasteiger partial charge in [-0.15, -0.1) is 0 Å². The topological polar surface area (TPSA) is 77.2 Å². The highest BCUT2D eigenvalue weighted by molar-refractivity contribution is 5.81. The minimum atomic E-state index is 0.00966. The number of ether oxygens (including phenoxy) is 1. The Morgan fingerprint density at radius 2 is 2.53 bits per heavy atom. The predicted octanol–water partition coefficient (Wildman–Crippen LogP) is 0.154. The largest absolute Gasteiger partial charge is 0.384 e. The van der Waals surface area contributed by atoms with Crippen molar-refractivity contribution in [2.24, 2.45) is 0 Å². The molecule has 2 heterocycles. The molecule has 5 heteroatoms. The average Bonchev–Trinajstić information content (AvgIpc) is 2.30. The fourth-order valence-electron chi connectivity index (χ4n) is 1.91. The summed E-state index contributed by atoms with van der Waals surface area (Å²) in [5.41, 5.74) is 6.47. The van der Waals surface area contributed by atoms with Crippen molar-refractivity contribution in [2.45, 2.75) is 18.9 Å². The average molecular weight is 235 g/mol. The first-order chi connectivity index (χ1) is 8.24. The third-order valence-corrected chi connectivity index (χ3v) is 2.71. The van der Waals surface area contributed by atoms with E-state index in [9.17, 15) is 4.79 Å². The molecule has 1 saturated heterocycles. The molecule has 0 aliphatic carbocycles. The van der Waals surface area contributed by atoms with Crippen LogP contribution in [0.5, 0.6) is 0 Å². The van der Waals surface area contributed by atoms with Crippen LogP contribution in [-0.2, 0) is 16.0 Å². The Bertz CT molecular complexity index is 389. The van der Waals surface area contributed by atoms with Gasteiger partial charge in [-0.05, 0) is 17.7 Å². The lowest BCUT2D eigenvalue weighted by Crippen LogP contribution is -2.39. The number of hydrogen-bond donors (Lipinski definition) is 2. The summed E-state index contributed by atoms with van der Waals surface area (Å²) in [6, 6.07) is 3.55. The molecule has 5 nitrogen and oxygen atoms in total. The number of nitrogens with two attached hydrogens (primary N) is 1. The number of Topliss-reactive ketones (excluding diaryl/α,β-unsaturated/α-hetero) is 1. The van der Waals surface area contributed by atoms with Gasteiger partial charge in [-0.1, -0.05) is 0 Å². The zero-order valence-electron chi connectivity index (χ0n) is 9.69. The molecule has 1 aromatic heterocycles. The van der Waals surface area contributed by atoms with Crippen molar-refractivity contribution in [1.82, 2.24) is 10.3 Å². The number of morpholine rings is 1. The fraction of sp³-hybridized carbons (Fsp3) is 0.500. The highest BCUT2D eigenvalue weighted by Gasteiger charge is 2.17. The maximum atomic E-state index is 11.8. The first-order valence-corrected chi connectivity index (χ1v) is 5.78. The molecular formula is C12H17N3O2. The van der Waals surface area contributed by atoms with Gasteiger partial charge < -0.3 is 15.8 Å². The summed E-state index contributed by atoms with van der Waals surface area (Å²) >= 11 is 0. The number of ketones is 1. The highest BCUT2D eigenvalue weighted by Crippen LogP contribution is 2.08. The van der Waals surface area contributed by atoms with Crippen LogP contribution in [0, 0.1) is 0 Å². The number of nitrogens with zero attached hydrogens (tertiary/aromatic N) is 1. The van der Waals surface area contributed by atoms with Crippen molar-refractivity contribution >= 4 is 11.6 Å². The molecule has 0 saturated carbocycles. The second-order valence-corrected chi connectivity index (χ2v) is 4.21. The van der Waals surface area contributed by atoms with E-state index in [0.717, 1.165) is 18.7 Å². The molecule has 3 N–H and O–H groups in total. The SMILES string of the molecule is Nc1cc(CC(=O)CC2CNCCO2)ccn1. The number of rotatable bonds is 4. The molecule has 0 amide bonds. The zero-order chi connectivity index (χ0) is 12.1. The second-order valence-electron chi connectivity index (χ2n) is 4.21. The summed E-state index contributed by atoms with van der Waals surface area (Å²) < 4.78 is 5.49. The lowest BCUT2D eigenvalue weighted by molar-refractivity contribution is -0.121. The summed E-state index contributed by atoms with van der Waals surface area (Å²) in [6.45, 7) is 2.30. The number of hydrogen-bond acceptors (Lipinski definition) is 5. The summed E-state index contributed by atoms with van der Waals surface area (Å²) in [4.78, 5) is 15.7. The van der Waals surface area contributed by atoms with Crippen molar-refractivity contribution < 1.29 is 9.53 Å². The van der Waals surface area contributed by atoms with Gasteiger partial charge in [0.25, 0.3) is 0 Å². The van der Waals surface area contributed by atoms with Crippen molar-refractivity contribution in [3.8, 4) is 0 Å². The van der Waals surface area contributed by atoms with Crippen molar-refractivity contribution in [2.75, 3.05) is 25.4 Å². The number of pyridine rings is 1. The Kier molecular flexibility index (Phi) is 4.06. The lowest BCUT2D eigenvalue weighted by Gasteiger charge is -2.22. The molecule has 0 spiro atoms. The summed E-state index contributed by atoms with van der Waals surface area (Å²) in [7, 11) is 0. The van der Waals surface area contributed by atoms with E-state index in [0.29, 0.717) is 25.3 Å². The maximum absolute atomic E-state index is 11.8. The van der Waals surface area contributed by atoms with Gasteiger partial charge >= 0.3 is 0 Å². The molecule has 1 fully saturated rings. The summed E-state index contributed by atoms with van der Waals surface area (Å²) in [5, 5.41) is 3.21.